The predicted octanol–water partition coefficient (Wildman–Crippen LogP) is 0.728. The molecular weight excluding hydrogens is 216 g/mol. The molecule has 2 rings (SSSR count). The number of aromatic nitrogens is 2. The van der Waals surface area contributed by atoms with Gasteiger partial charge in [-0.3, -0.25) is 0 Å². The number of aryl methyl sites for hydroxylation is 1. The summed E-state index contributed by atoms with van der Waals surface area (Å²) in [5.74, 6) is 0.778. The number of hydrogen-bond donors (Lipinski definition) is 1. The van der Waals surface area contributed by atoms with E-state index >= 15 is 0 Å². The Bertz CT molecular complexity index is 354. The summed E-state index contributed by atoms with van der Waals surface area (Å²) in [6, 6.07) is 0.274. The summed E-state index contributed by atoms with van der Waals surface area (Å²) >= 11 is 0. The van der Waals surface area contributed by atoms with Gasteiger partial charge in [0, 0.05) is 38.6 Å². The van der Waals surface area contributed by atoms with E-state index in [4.69, 9.17) is 10.5 Å². The molecule has 0 aromatic carbocycles. The molecule has 2 heterocycles. The molecule has 0 saturated carbocycles. The van der Waals surface area contributed by atoms with E-state index in [1.165, 1.54) is 0 Å². The molecule has 2 N–H and O–H groups in total. The number of nitrogens with zero attached hydrogens (tertiary/aromatic N) is 3. The van der Waals surface area contributed by atoms with Crippen molar-refractivity contribution in [3.05, 3.63) is 18.0 Å². The van der Waals surface area contributed by atoms with Gasteiger partial charge in [0.25, 0.3) is 0 Å². The van der Waals surface area contributed by atoms with Crippen LogP contribution in [0.4, 0.5) is 5.95 Å². The maximum absolute atomic E-state index is 5.83. The average molecular weight is 236 g/mol. The molecule has 2 unspecified atom stereocenters. The van der Waals surface area contributed by atoms with Crippen LogP contribution < -0.4 is 10.6 Å². The molecule has 1 aliphatic heterocycles. The number of nitrogens with two attached hydrogens (primary N) is 1. The van der Waals surface area contributed by atoms with Gasteiger partial charge in [0.2, 0.25) is 5.95 Å². The zero-order chi connectivity index (χ0) is 12.3. The van der Waals surface area contributed by atoms with E-state index in [2.05, 4.69) is 14.9 Å². The van der Waals surface area contributed by atoms with Crippen LogP contribution in [0, 0.1) is 6.92 Å². The molecule has 0 spiro atoms. The van der Waals surface area contributed by atoms with Crippen LogP contribution in [0.15, 0.2) is 12.4 Å². The maximum atomic E-state index is 5.83. The van der Waals surface area contributed by atoms with Gasteiger partial charge in [-0.1, -0.05) is 0 Å². The van der Waals surface area contributed by atoms with E-state index in [0.717, 1.165) is 30.9 Å². The van der Waals surface area contributed by atoms with Crippen LogP contribution >= 0.6 is 0 Å². The minimum atomic E-state index is 0.274. The molecule has 0 amide bonds. The quantitative estimate of drug-likeness (QED) is 0.838. The van der Waals surface area contributed by atoms with Crippen molar-refractivity contribution >= 4 is 5.95 Å². The maximum Gasteiger partial charge on any atom is 0.225 e. The predicted molar refractivity (Wildman–Crippen MR) is 67.0 cm³/mol. The fourth-order valence-electron chi connectivity index (χ4n) is 2.25. The molecule has 1 saturated heterocycles. The van der Waals surface area contributed by atoms with E-state index in [1.54, 1.807) is 7.11 Å². The van der Waals surface area contributed by atoms with Gasteiger partial charge in [-0.25, -0.2) is 9.97 Å². The smallest absolute Gasteiger partial charge is 0.225 e. The molecular formula is C12H20N4O. The Morgan fingerprint density at radius 2 is 2.18 bits per heavy atom. The van der Waals surface area contributed by atoms with Crippen molar-refractivity contribution in [2.24, 2.45) is 5.73 Å². The summed E-state index contributed by atoms with van der Waals surface area (Å²) in [7, 11) is 1.76. The summed E-state index contributed by atoms with van der Waals surface area (Å²) < 4.78 is 5.40. The molecule has 1 fully saturated rings. The zero-order valence-electron chi connectivity index (χ0n) is 10.5. The molecule has 2 atom stereocenters. The van der Waals surface area contributed by atoms with Crippen LogP contribution in [-0.2, 0) is 4.74 Å². The minimum Gasteiger partial charge on any atom is -0.381 e. The average Bonchev–Trinajstić information content (AvgIpc) is 2.39. The summed E-state index contributed by atoms with van der Waals surface area (Å²) in [5, 5.41) is 0. The Kier molecular flexibility index (Phi) is 3.91. The summed E-state index contributed by atoms with van der Waals surface area (Å²) in [6.07, 6.45) is 5.95. The van der Waals surface area contributed by atoms with Crippen molar-refractivity contribution in [1.82, 2.24) is 9.97 Å². The number of anilines is 1. The van der Waals surface area contributed by atoms with Crippen molar-refractivity contribution in [2.45, 2.75) is 31.9 Å². The van der Waals surface area contributed by atoms with E-state index in [9.17, 15) is 0 Å². The highest BCUT2D eigenvalue weighted by Gasteiger charge is 2.28. The molecule has 1 aromatic heterocycles. The van der Waals surface area contributed by atoms with Gasteiger partial charge in [-0.05, 0) is 25.3 Å². The monoisotopic (exact) mass is 236 g/mol. The van der Waals surface area contributed by atoms with Crippen LogP contribution in [0.3, 0.4) is 0 Å². The molecule has 17 heavy (non-hydrogen) atoms. The summed E-state index contributed by atoms with van der Waals surface area (Å²) in [4.78, 5) is 10.9. The molecule has 1 aromatic rings. The van der Waals surface area contributed by atoms with Crippen LogP contribution in [0.2, 0.25) is 0 Å². The van der Waals surface area contributed by atoms with E-state index < -0.39 is 0 Å². The second-order valence-electron chi connectivity index (χ2n) is 4.53. The van der Waals surface area contributed by atoms with Crippen LogP contribution in [0.1, 0.15) is 18.4 Å². The van der Waals surface area contributed by atoms with Gasteiger partial charge in [-0.2, -0.15) is 0 Å². The Balaban J connectivity index is 2.12. The third-order valence-corrected chi connectivity index (χ3v) is 3.30. The molecule has 0 aliphatic carbocycles. The number of ether oxygens (including phenoxy) is 1. The molecule has 0 radical (unpaired) electrons. The standard InChI is InChI=1S/C12H20N4O/c1-9-7-14-12(15-8-9)16-4-3-11(17-2)5-10(16)6-13/h7-8,10-11H,3-6,13H2,1-2H3. The fraction of sp³-hybridized carbons (Fsp3) is 0.667. The number of rotatable bonds is 3. The highest BCUT2D eigenvalue weighted by atomic mass is 16.5. The number of methoxy groups -OCH3 is 1. The minimum absolute atomic E-state index is 0.274. The van der Waals surface area contributed by atoms with E-state index in [0.29, 0.717) is 12.6 Å². The fourth-order valence-corrected chi connectivity index (χ4v) is 2.25. The van der Waals surface area contributed by atoms with Gasteiger partial charge in [-0.15, -0.1) is 0 Å². The Hall–Kier alpha value is -1.20. The zero-order valence-corrected chi connectivity index (χ0v) is 10.5. The van der Waals surface area contributed by atoms with Gasteiger partial charge in [0.1, 0.15) is 0 Å². The lowest BCUT2D eigenvalue weighted by molar-refractivity contribution is 0.0706. The summed E-state index contributed by atoms with van der Waals surface area (Å²) in [6.45, 7) is 3.50. The van der Waals surface area contributed by atoms with Crippen LogP contribution in [0.25, 0.3) is 0 Å². The highest BCUT2D eigenvalue weighted by molar-refractivity contribution is 5.33. The van der Waals surface area contributed by atoms with Gasteiger partial charge in [0.15, 0.2) is 0 Å². The number of piperidine rings is 1. The topological polar surface area (TPSA) is 64.3 Å². The van der Waals surface area contributed by atoms with E-state index in [1.807, 2.05) is 19.3 Å². The van der Waals surface area contributed by atoms with Crippen molar-refractivity contribution < 1.29 is 4.74 Å². The SMILES string of the molecule is COC1CCN(c2ncc(C)cn2)C(CN)C1. The second-order valence-corrected chi connectivity index (χ2v) is 4.53. The normalized spacial score (nSPS) is 25.0. The van der Waals surface area contributed by atoms with Crippen molar-refractivity contribution in [3.8, 4) is 0 Å². The van der Waals surface area contributed by atoms with Gasteiger partial charge in [0.05, 0.1) is 6.10 Å². The van der Waals surface area contributed by atoms with Crippen molar-refractivity contribution in [2.75, 3.05) is 25.1 Å². The molecule has 0 bridgehead atoms. The van der Waals surface area contributed by atoms with Crippen LogP contribution in [-0.4, -0.2) is 42.3 Å². The third kappa shape index (κ3) is 2.73. The Morgan fingerprint density at radius 3 is 2.76 bits per heavy atom. The largest absolute Gasteiger partial charge is 0.381 e. The highest BCUT2D eigenvalue weighted by Crippen LogP contribution is 2.22. The third-order valence-electron chi connectivity index (χ3n) is 3.30. The molecule has 1 aliphatic rings. The summed E-state index contributed by atoms with van der Waals surface area (Å²) in [5.41, 5.74) is 6.90. The molecule has 5 heteroatoms. The first kappa shape index (κ1) is 12.3. The lowest BCUT2D eigenvalue weighted by Crippen LogP contribution is -2.49. The van der Waals surface area contributed by atoms with Crippen molar-refractivity contribution in [3.63, 3.8) is 0 Å². The lowest BCUT2D eigenvalue weighted by Gasteiger charge is -2.38. The first-order chi connectivity index (χ1) is 8.24. The molecule has 94 valence electrons. The van der Waals surface area contributed by atoms with Gasteiger partial charge < -0.3 is 15.4 Å². The first-order valence-electron chi connectivity index (χ1n) is 6.02. The van der Waals surface area contributed by atoms with Crippen LogP contribution in [0.5, 0.6) is 0 Å². The van der Waals surface area contributed by atoms with E-state index in [-0.39, 0.29) is 6.04 Å². The number of hydrogen-bond acceptors (Lipinski definition) is 5. The molecule has 5 nitrogen and oxygen atoms in total. The lowest BCUT2D eigenvalue weighted by atomic mass is 10.00. The van der Waals surface area contributed by atoms with Gasteiger partial charge >= 0.3 is 0 Å². The Labute approximate surface area is 102 Å². The second kappa shape index (κ2) is 5.42. The first-order valence-corrected chi connectivity index (χ1v) is 6.02. The Morgan fingerprint density at radius 1 is 1.47 bits per heavy atom. The van der Waals surface area contributed by atoms with Crippen molar-refractivity contribution in [1.29, 1.82) is 0 Å².